The molecule has 0 atom stereocenters. The van der Waals surface area contributed by atoms with E-state index in [-0.39, 0.29) is 12.4 Å². The van der Waals surface area contributed by atoms with Gasteiger partial charge < -0.3 is 10.5 Å². The van der Waals surface area contributed by atoms with E-state index in [1.165, 1.54) is 6.07 Å². The lowest BCUT2D eigenvalue weighted by Crippen LogP contribution is -1.99. The average molecular weight is 257 g/mol. The van der Waals surface area contributed by atoms with E-state index >= 15 is 0 Å². The van der Waals surface area contributed by atoms with Crippen molar-refractivity contribution in [2.24, 2.45) is 5.73 Å². The maximum absolute atomic E-state index is 13.7. The number of hydrogen-bond donors (Lipinski definition) is 1. The molecule has 2 aromatic rings. The van der Waals surface area contributed by atoms with Gasteiger partial charge in [0.15, 0.2) is 0 Å². The molecule has 0 spiro atoms. The quantitative estimate of drug-likeness (QED) is 0.910. The van der Waals surface area contributed by atoms with Crippen LogP contribution in [0.5, 0.6) is 5.75 Å². The summed E-state index contributed by atoms with van der Waals surface area (Å²) in [5.41, 5.74) is 7.83. The van der Waals surface area contributed by atoms with Crippen molar-refractivity contribution in [1.82, 2.24) is 0 Å². The molecular weight excluding hydrogens is 241 g/mol. The summed E-state index contributed by atoms with van der Waals surface area (Å²) in [6.07, 6.45) is 2.69. The van der Waals surface area contributed by atoms with Crippen LogP contribution in [0.15, 0.2) is 42.5 Å². The highest BCUT2D eigenvalue weighted by molar-refractivity contribution is 5.64. The topological polar surface area (TPSA) is 35.2 Å². The third kappa shape index (κ3) is 2.76. The highest BCUT2D eigenvalue weighted by Crippen LogP contribution is 2.29. The number of ether oxygens (including phenoxy) is 1. The van der Waals surface area contributed by atoms with E-state index in [0.29, 0.717) is 11.7 Å². The van der Waals surface area contributed by atoms with Gasteiger partial charge >= 0.3 is 0 Å². The van der Waals surface area contributed by atoms with Gasteiger partial charge in [-0.3, -0.25) is 0 Å². The molecule has 0 radical (unpaired) electrons. The van der Waals surface area contributed by atoms with Crippen molar-refractivity contribution in [1.29, 1.82) is 0 Å². The van der Waals surface area contributed by atoms with E-state index in [0.717, 1.165) is 29.7 Å². The summed E-state index contributed by atoms with van der Waals surface area (Å²) in [6, 6.07) is 12.9. The monoisotopic (exact) mass is 257 g/mol. The Balaban J connectivity index is 1.82. The number of hydrogen-bond acceptors (Lipinski definition) is 2. The van der Waals surface area contributed by atoms with Crippen molar-refractivity contribution < 1.29 is 9.13 Å². The van der Waals surface area contributed by atoms with Crippen LogP contribution in [0, 0.1) is 5.82 Å². The van der Waals surface area contributed by atoms with Crippen molar-refractivity contribution in [2.75, 3.05) is 0 Å². The Morgan fingerprint density at radius 2 is 1.74 bits per heavy atom. The van der Waals surface area contributed by atoms with Crippen molar-refractivity contribution in [2.45, 2.75) is 25.5 Å². The van der Waals surface area contributed by atoms with Gasteiger partial charge in [0, 0.05) is 12.1 Å². The molecule has 0 saturated heterocycles. The van der Waals surface area contributed by atoms with Gasteiger partial charge in [0.2, 0.25) is 0 Å². The van der Waals surface area contributed by atoms with Crippen LogP contribution < -0.4 is 10.5 Å². The largest absolute Gasteiger partial charge is 0.490 e. The molecule has 0 heterocycles. The van der Waals surface area contributed by atoms with Crippen LogP contribution in [-0.2, 0) is 6.54 Å². The van der Waals surface area contributed by atoms with Crippen molar-refractivity contribution in [3.8, 4) is 16.9 Å². The van der Waals surface area contributed by atoms with Gasteiger partial charge in [-0.2, -0.15) is 0 Å². The SMILES string of the molecule is NCc1ccc(-c2ccc(OC3CC3)cc2)cc1F. The van der Waals surface area contributed by atoms with E-state index in [1.54, 1.807) is 6.07 Å². The van der Waals surface area contributed by atoms with Crippen LogP contribution in [0.4, 0.5) is 4.39 Å². The molecular formula is C16H16FNO. The molecule has 3 rings (SSSR count). The van der Waals surface area contributed by atoms with E-state index in [1.807, 2.05) is 30.3 Å². The first kappa shape index (κ1) is 12.2. The second-order valence-electron chi connectivity index (χ2n) is 4.85. The van der Waals surface area contributed by atoms with E-state index in [4.69, 9.17) is 10.5 Å². The summed E-state index contributed by atoms with van der Waals surface area (Å²) in [4.78, 5) is 0. The molecule has 3 heteroatoms. The minimum Gasteiger partial charge on any atom is -0.490 e. The smallest absolute Gasteiger partial charge is 0.128 e. The Bertz CT molecular complexity index is 576. The molecule has 19 heavy (non-hydrogen) atoms. The summed E-state index contributed by atoms with van der Waals surface area (Å²) >= 11 is 0. The molecule has 0 unspecified atom stereocenters. The van der Waals surface area contributed by atoms with Crippen LogP contribution in [0.1, 0.15) is 18.4 Å². The maximum atomic E-state index is 13.7. The van der Waals surface area contributed by atoms with Gasteiger partial charge in [0.1, 0.15) is 11.6 Å². The van der Waals surface area contributed by atoms with Crippen molar-refractivity contribution in [3.63, 3.8) is 0 Å². The normalized spacial score (nSPS) is 14.4. The van der Waals surface area contributed by atoms with Crippen LogP contribution >= 0.6 is 0 Å². The first-order valence-electron chi connectivity index (χ1n) is 6.52. The van der Waals surface area contributed by atoms with Gasteiger partial charge in [-0.25, -0.2) is 4.39 Å². The predicted molar refractivity (Wildman–Crippen MR) is 73.4 cm³/mol. The van der Waals surface area contributed by atoms with Gasteiger partial charge in [0.25, 0.3) is 0 Å². The molecule has 0 aliphatic heterocycles. The molecule has 98 valence electrons. The average Bonchev–Trinajstić information content (AvgIpc) is 3.23. The molecule has 2 aromatic carbocycles. The number of nitrogens with two attached hydrogens (primary N) is 1. The summed E-state index contributed by atoms with van der Waals surface area (Å²) in [6.45, 7) is 0.222. The number of rotatable bonds is 4. The summed E-state index contributed by atoms with van der Waals surface area (Å²) in [5.74, 6) is 0.628. The summed E-state index contributed by atoms with van der Waals surface area (Å²) < 4.78 is 19.4. The fraction of sp³-hybridized carbons (Fsp3) is 0.250. The first-order chi connectivity index (χ1) is 9.26. The minimum absolute atomic E-state index is 0.222. The van der Waals surface area contributed by atoms with Gasteiger partial charge in [-0.1, -0.05) is 24.3 Å². The molecule has 2 N–H and O–H groups in total. The molecule has 1 aliphatic rings. The molecule has 0 bridgehead atoms. The Hall–Kier alpha value is -1.87. The molecule has 0 amide bonds. The Labute approximate surface area is 112 Å². The number of halogens is 1. The Kier molecular flexibility index (Phi) is 3.22. The molecule has 0 aromatic heterocycles. The zero-order valence-corrected chi connectivity index (χ0v) is 10.6. The molecule has 1 fully saturated rings. The van der Waals surface area contributed by atoms with E-state index < -0.39 is 0 Å². The summed E-state index contributed by atoms with van der Waals surface area (Å²) in [7, 11) is 0. The lowest BCUT2D eigenvalue weighted by Gasteiger charge is -2.07. The lowest BCUT2D eigenvalue weighted by atomic mass is 10.0. The zero-order chi connectivity index (χ0) is 13.2. The van der Waals surface area contributed by atoms with Gasteiger partial charge in [-0.15, -0.1) is 0 Å². The highest BCUT2D eigenvalue weighted by atomic mass is 19.1. The van der Waals surface area contributed by atoms with Crippen LogP contribution in [0.3, 0.4) is 0 Å². The van der Waals surface area contributed by atoms with Crippen molar-refractivity contribution in [3.05, 3.63) is 53.8 Å². The molecule has 1 aliphatic carbocycles. The Morgan fingerprint density at radius 3 is 2.32 bits per heavy atom. The van der Waals surface area contributed by atoms with E-state index in [9.17, 15) is 4.39 Å². The standard InChI is InChI=1S/C16H16FNO/c17-16-9-12(1-2-13(16)10-18)11-3-5-14(6-4-11)19-15-7-8-15/h1-6,9,15H,7-8,10,18H2. The number of benzene rings is 2. The van der Waals surface area contributed by atoms with Gasteiger partial charge in [-0.05, 0) is 42.2 Å². The highest BCUT2D eigenvalue weighted by Gasteiger charge is 2.23. The maximum Gasteiger partial charge on any atom is 0.128 e. The minimum atomic E-state index is -0.252. The van der Waals surface area contributed by atoms with Crippen LogP contribution in [-0.4, -0.2) is 6.10 Å². The fourth-order valence-corrected chi connectivity index (χ4v) is 2.00. The first-order valence-corrected chi connectivity index (χ1v) is 6.52. The zero-order valence-electron chi connectivity index (χ0n) is 10.6. The van der Waals surface area contributed by atoms with Gasteiger partial charge in [0.05, 0.1) is 6.10 Å². The lowest BCUT2D eigenvalue weighted by molar-refractivity contribution is 0.303. The van der Waals surface area contributed by atoms with E-state index in [2.05, 4.69) is 0 Å². The second-order valence-corrected chi connectivity index (χ2v) is 4.85. The van der Waals surface area contributed by atoms with Crippen LogP contribution in [0.25, 0.3) is 11.1 Å². The third-order valence-electron chi connectivity index (χ3n) is 3.29. The van der Waals surface area contributed by atoms with Crippen LogP contribution in [0.2, 0.25) is 0 Å². The Morgan fingerprint density at radius 1 is 1.05 bits per heavy atom. The third-order valence-corrected chi connectivity index (χ3v) is 3.29. The second kappa shape index (κ2) is 5.02. The summed E-state index contributed by atoms with van der Waals surface area (Å²) in [5, 5.41) is 0. The predicted octanol–water partition coefficient (Wildman–Crippen LogP) is 3.49. The molecule has 2 nitrogen and oxygen atoms in total. The van der Waals surface area contributed by atoms with Crippen molar-refractivity contribution >= 4 is 0 Å². The fourth-order valence-electron chi connectivity index (χ4n) is 2.00. The molecule has 1 saturated carbocycles.